The molecule has 1 N–H and O–H groups in total. The zero-order valence-electron chi connectivity index (χ0n) is 11.4. The third-order valence-electron chi connectivity index (χ3n) is 2.99. The molecule has 106 valence electrons. The summed E-state index contributed by atoms with van der Waals surface area (Å²) in [7, 11) is 0. The Labute approximate surface area is 118 Å². The van der Waals surface area contributed by atoms with Gasteiger partial charge in [-0.2, -0.15) is 15.0 Å². The molecule has 1 fully saturated rings. The molecule has 7 heteroatoms. The first kappa shape index (κ1) is 14.3. The summed E-state index contributed by atoms with van der Waals surface area (Å²) in [6.45, 7) is 7.21. The van der Waals surface area contributed by atoms with Gasteiger partial charge in [0.05, 0.1) is 13.2 Å². The average molecular weight is 286 g/mol. The van der Waals surface area contributed by atoms with Crippen LogP contribution in [0, 0.1) is 0 Å². The second-order valence-electron chi connectivity index (χ2n) is 4.66. The third kappa shape index (κ3) is 4.18. The number of ether oxygens (including phenoxy) is 1. The van der Waals surface area contributed by atoms with Gasteiger partial charge in [0.15, 0.2) is 0 Å². The lowest BCUT2D eigenvalue weighted by molar-refractivity contribution is 0.122. The molecule has 0 bridgehead atoms. The van der Waals surface area contributed by atoms with Crippen molar-refractivity contribution < 1.29 is 4.74 Å². The highest BCUT2D eigenvalue weighted by molar-refractivity contribution is 6.28. The summed E-state index contributed by atoms with van der Waals surface area (Å²) in [6.07, 6.45) is 2.18. The monoisotopic (exact) mass is 285 g/mol. The molecule has 0 saturated carbocycles. The Bertz CT molecular complexity index is 411. The normalized spacial score (nSPS) is 17.3. The number of anilines is 2. The van der Waals surface area contributed by atoms with Crippen LogP contribution in [-0.2, 0) is 4.74 Å². The number of nitrogens with zero attached hydrogens (tertiary/aromatic N) is 4. The number of hydrogen-bond acceptors (Lipinski definition) is 6. The van der Waals surface area contributed by atoms with E-state index in [1.54, 1.807) is 0 Å². The van der Waals surface area contributed by atoms with E-state index in [1.807, 2.05) is 0 Å². The minimum Gasteiger partial charge on any atom is -0.378 e. The lowest BCUT2D eigenvalue weighted by Gasteiger charge is -2.27. The largest absolute Gasteiger partial charge is 0.378 e. The van der Waals surface area contributed by atoms with Gasteiger partial charge in [-0.25, -0.2) is 0 Å². The first-order valence-electron chi connectivity index (χ1n) is 6.70. The SMILES string of the molecule is CCCC(C)Nc1nc(Cl)nc(N2CCOCC2)n1. The molecule has 1 aromatic rings. The predicted octanol–water partition coefficient (Wildman–Crippen LogP) is 1.96. The van der Waals surface area contributed by atoms with Gasteiger partial charge in [-0.3, -0.25) is 0 Å². The summed E-state index contributed by atoms with van der Waals surface area (Å²) in [5.41, 5.74) is 0. The van der Waals surface area contributed by atoms with Crippen LogP contribution >= 0.6 is 11.6 Å². The van der Waals surface area contributed by atoms with Crippen molar-refractivity contribution in [2.24, 2.45) is 0 Å². The molecule has 1 aliphatic rings. The lowest BCUT2D eigenvalue weighted by Crippen LogP contribution is -2.37. The highest BCUT2D eigenvalue weighted by Gasteiger charge is 2.16. The lowest BCUT2D eigenvalue weighted by atomic mass is 10.2. The second kappa shape index (κ2) is 6.86. The van der Waals surface area contributed by atoms with Crippen LogP contribution < -0.4 is 10.2 Å². The van der Waals surface area contributed by atoms with E-state index in [-0.39, 0.29) is 5.28 Å². The van der Waals surface area contributed by atoms with Gasteiger partial charge in [0.25, 0.3) is 0 Å². The maximum absolute atomic E-state index is 5.97. The minimum absolute atomic E-state index is 0.225. The Morgan fingerprint density at radius 3 is 2.74 bits per heavy atom. The molecule has 0 spiro atoms. The van der Waals surface area contributed by atoms with Crippen molar-refractivity contribution in [3.63, 3.8) is 0 Å². The summed E-state index contributed by atoms with van der Waals surface area (Å²) in [4.78, 5) is 14.8. The Hall–Kier alpha value is -1.14. The number of halogens is 1. The van der Waals surface area contributed by atoms with E-state index in [2.05, 4.69) is 39.0 Å². The van der Waals surface area contributed by atoms with Crippen molar-refractivity contribution in [3.05, 3.63) is 5.28 Å². The van der Waals surface area contributed by atoms with Crippen molar-refractivity contribution in [1.82, 2.24) is 15.0 Å². The number of nitrogens with one attached hydrogen (secondary N) is 1. The van der Waals surface area contributed by atoms with Crippen LogP contribution in [0.3, 0.4) is 0 Å². The summed E-state index contributed by atoms with van der Waals surface area (Å²) >= 11 is 5.97. The van der Waals surface area contributed by atoms with E-state index in [9.17, 15) is 0 Å². The summed E-state index contributed by atoms with van der Waals surface area (Å²) in [5, 5.41) is 3.48. The van der Waals surface area contributed by atoms with Gasteiger partial charge in [-0.05, 0) is 24.9 Å². The molecular weight excluding hydrogens is 266 g/mol. The molecule has 1 atom stereocenters. The molecule has 2 rings (SSSR count). The van der Waals surface area contributed by atoms with Crippen LogP contribution in [0.5, 0.6) is 0 Å². The molecule has 0 amide bonds. The van der Waals surface area contributed by atoms with Crippen LogP contribution in [0.2, 0.25) is 5.28 Å². The fraction of sp³-hybridized carbons (Fsp3) is 0.750. The quantitative estimate of drug-likeness (QED) is 0.892. The van der Waals surface area contributed by atoms with Gasteiger partial charge in [-0.15, -0.1) is 0 Å². The van der Waals surface area contributed by atoms with Crippen LogP contribution in [0.4, 0.5) is 11.9 Å². The standard InChI is InChI=1S/C12H20ClN5O/c1-3-4-9(2)14-11-15-10(13)16-12(17-11)18-5-7-19-8-6-18/h9H,3-8H2,1-2H3,(H,14,15,16,17). The van der Waals surface area contributed by atoms with E-state index >= 15 is 0 Å². The van der Waals surface area contributed by atoms with Crippen LogP contribution in [0.15, 0.2) is 0 Å². The van der Waals surface area contributed by atoms with E-state index in [0.29, 0.717) is 31.2 Å². The fourth-order valence-corrected chi connectivity index (χ4v) is 2.19. The average Bonchev–Trinajstić information content (AvgIpc) is 2.39. The van der Waals surface area contributed by atoms with Crippen molar-refractivity contribution in [2.75, 3.05) is 36.5 Å². The smallest absolute Gasteiger partial charge is 0.231 e. The topological polar surface area (TPSA) is 63.2 Å². The van der Waals surface area contributed by atoms with Crippen molar-refractivity contribution >= 4 is 23.5 Å². The Balaban J connectivity index is 2.09. The van der Waals surface area contributed by atoms with Crippen LogP contribution in [-0.4, -0.2) is 47.3 Å². The Morgan fingerprint density at radius 2 is 2.05 bits per heavy atom. The third-order valence-corrected chi connectivity index (χ3v) is 3.16. The van der Waals surface area contributed by atoms with Crippen LogP contribution in [0.1, 0.15) is 26.7 Å². The Kier molecular flexibility index (Phi) is 5.15. The summed E-state index contributed by atoms with van der Waals surface area (Å²) in [6, 6.07) is 0.320. The van der Waals surface area contributed by atoms with E-state index in [1.165, 1.54) is 0 Å². The number of aromatic nitrogens is 3. The fourth-order valence-electron chi connectivity index (χ4n) is 2.03. The molecule has 0 aliphatic carbocycles. The number of morpholine rings is 1. The zero-order chi connectivity index (χ0) is 13.7. The molecule has 2 heterocycles. The molecule has 19 heavy (non-hydrogen) atoms. The molecule has 6 nitrogen and oxygen atoms in total. The van der Waals surface area contributed by atoms with Gasteiger partial charge in [0, 0.05) is 19.1 Å². The highest BCUT2D eigenvalue weighted by atomic mass is 35.5. The molecule has 0 radical (unpaired) electrons. The van der Waals surface area contributed by atoms with E-state index in [0.717, 1.165) is 25.9 Å². The number of rotatable bonds is 5. The van der Waals surface area contributed by atoms with Gasteiger partial charge in [0.1, 0.15) is 0 Å². The zero-order valence-corrected chi connectivity index (χ0v) is 12.2. The van der Waals surface area contributed by atoms with Gasteiger partial charge >= 0.3 is 0 Å². The molecule has 1 aromatic heterocycles. The molecule has 0 aromatic carbocycles. The molecule has 1 saturated heterocycles. The van der Waals surface area contributed by atoms with E-state index < -0.39 is 0 Å². The maximum atomic E-state index is 5.97. The first-order valence-corrected chi connectivity index (χ1v) is 7.07. The van der Waals surface area contributed by atoms with Crippen molar-refractivity contribution in [3.8, 4) is 0 Å². The predicted molar refractivity (Wildman–Crippen MR) is 75.9 cm³/mol. The summed E-state index contributed by atoms with van der Waals surface area (Å²) < 4.78 is 5.32. The van der Waals surface area contributed by atoms with Gasteiger partial charge < -0.3 is 15.0 Å². The van der Waals surface area contributed by atoms with Gasteiger partial charge in [-0.1, -0.05) is 13.3 Å². The van der Waals surface area contributed by atoms with Crippen molar-refractivity contribution in [1.29, 1.82) is 0 Å². The highest BCUT2D eigenvalue weighted by Crippen LogP contribution is 2.16. The number of hydrogen-bond donors (Lipinski definition) is 1. The first-order chi connectivity index (χ1) is 9.19. The van der Waals surface area contributed by atoms with Gasteiger partial charge in [0.2, 0.25) is 17.2 Å². The van der Waals surface area contributed by atoms with Crippen molar-refractivity contribution in [2.45, 2.75) is 32.7 Å². The van der Waals surface area contributed by atoms with Crippen LogP contribution in [0.25, 0.3) is 0 Å². The summed E-state index contributed by atoms with van der Waals surface area (Å²) in [5.74, 6) is 1.16. The minimum atomic E-state index is 0.225. The molecule has 1 unspecified atom stereocenters. The van der Waals surface area contributed by atoms with E-state index in [4.69, 9.17) is 16.3 Å². The molecule has 1 aliphatic heterocycles. The Morgan fingerprint density at radius 1 is 1.32 bits per heavy atom. The molecular formula is C12H20ClN5O. The maximum Gasteiger partial charge on any atom is 0.231 e. The second-order valence-corrected chi connectivity index (χ2v) is 5.00.